The van der Waals surface area contributed by atoms with Crippen LogP contribution in [0.3, 0.4) is 0 Å². The maximum Gasteiger partial charge on any atom is 0.163 e. The fourth-order valence-corrected chi connectivity index (χ4v) is 2.25. The Morgan fingerprint density at radius 3 is 2.14 bits per heavy atom. The molecule has 0 heterocycles. The Balaban J connectivity index is 1.94. The Morgan fingerprint density at radius 2 is 1.62 bits per heavy atom. The van der Waals surface area contributed by atoms with Crippen LogP contribution >= 0.6 is 0 Å². The molecule has 0 saturated heterocycles. The normalized spacial score (nSPS) is 10.7. The van der Waals surface area contributed by atoms with Crippen molar-refractivity contribution in [3.8, 4) is 5.75 Å². The highest BCUT2D eigenvalue weighted by Crippen LogP contribution is 2.17. The van der Waals surface area contributed by atoms with Gasteiger partial charge in [0.15, 0.2) is 5.78 Å². The van der Waals surface area contributed by atoms with Crippen molar-refractivity contribution in [3.63, 3.8) is 0 Å². The van der Waals surface area contributed by atoms with Gasteiger partial charge in [-0.15, -0.1) is 0 Å². The summed E-state index contributed by atoms with van der Waals surface area (Å²) < 4.78 is 5.13. The first-order valence-corrected chi connectivity index (χ1v) is 7.36. The lowest BCUT2D eigenvalue weighted by molar-refractivity contribution is 0.0983. The molecule has 2 heteroatoms. The third kappa shape index (κ3) is 4.19. The van der Waals surface area contributed by atoms with E-state index in [0.29, 0.717) is 12.3 Å². The van der Waals surface area contributed by atoms with E-state index < -0.39 is 0 Å². The summed E-state index contributed by atoms with van der Waals surface area (Å²) in [5.74, 6) is 1.53. The summed E-state index contributed by atoms with van der Waals surface area (Å²) in [6, 6.07) is 15.8. The van der Waals surface area contributed by atoms with Gasteiger partial charge in [0.25, 0.3) is 0 Å². The smallest absolute Gasteiger partial charge is 0.163 e. The molecule has 0 spiro atoms. The molecular formula is C19H22O2. The number of benzene rings is 2. The van der Waals surface area contributed by atoms with E-state index in [1.165, 1.54) is 5.56 Å². The van der Waals surface area contributed by atoms with Crippen LogP contribution in [-0.4, -0.2) is 12.9 Å². The number of Topliss-reactive ketones (excluding diaryl/α,β-unsaturated/α-hetero) is 1. The van der Waals surface area contributed by atoms with Crippen molar-refractivity contribution < 1.29 is 9.53 Å². The molecule has 0 N–H and O–H groups in total. The van der Waals surface area contributed by atoms with Gasteiger partial charge in [0, 0.05) is 12.0 Å². The molecule has 0 fully saturated rings. The van der Waals surface area contributed by atoms with Gasteiger partial charge in [-0.25, -0.2) is 0 Å². The fraction of sp³-hybridized carbons (Fsp3) is 0.316. The van der Waals surface area contributed by atoms with Crippen LogP contribution in [0.2, 0.25) is 0 Å². The molecule has 21 heavy (non-hydrogen) atoms. The summed E-state index contributed by atoms with van der Waals surface area (Å²) in [5.41, 5.74) is 3.22. The van der Waals surface area contributed by atoms with E-state index >= 15 is 0 Å². The average molecular weight is 282 g/mol. The summed E-state index contributed by atoms with van der Waals surface area (Å²) in [6.45, 7) is 4.31. The van der Waals surface area contributed by atoms with Crippen LogP contribution in [0.5, 0.6) is 5.75 Å². The van der Waals surface area contributed by atoms with Crippen LogP contribution in [0, 0.1) is 0 Å². The van der Waals surface area contributed by atoms with Gasteiger partial charge in [-0.3, -0.25) is 4.79 Å². The molecule has 0 amide bonds. The third-order valence-corrected chi connectivity index (χ3v) is 3.70. The Kier molecular flexibility index (Phi) is 5.15. The highest BCUT2D eigenvalue weighted by atomic mass is 16.5. The second-order valence-corrected chi connectivity index (χ2v) is 5.55. The molecule has 0 aliphatic heterocycles. The number of carbonyl (C=O) groups excluding carboxylic acids is 1. The molecule has 2 aromatic carbocycles. The number of methoxy groups -OCH3 is 1. The zero-order valence-corrected chi connectivity index (χ0v) is 12.9. The van der Waals surface area contributed by atoms with Crippen molar-refractivity contribution in [2.75, 3.05) is 7.11 Å². The van der Waals surface area contributed by atoms with Crippen molar-refractivity contribution in [3.05, 3.63) is 65.2 Å². The number of ether oxygens (including phenoxy) is 1. The maximum absolute atomic E-state index is 12.2. The highest BCUT2D eigenvalue weighted by Gasteiger charge is 2.07. The molecule has 2 aromatic rings. The molecule has 0 aliphatic rings. The summed E-state index contributed by atoms with van der Waals surface area (Å²) >= 11 is 0. The first-order valence-electron chi connectivity index (χ1n) is 7.36. The monoisotopic (exact) mass is 282 g/mol. The molecule has 0 bridgehead atoms. The van der Waals surface area contributed by atoms with E-state index in [1.54, 1.807) is 7.11 Å². The maximum atomic E-state index is 12.2. The SMILES string of the molecule is COc1ccc(CCC(=O)c2ccc(C(C)C)cc2)cc1. The van der Waals surface area contributed by atoms with Crippen LogP contribution in [0.15, 0.2) is 48.5 Å². The van der Waals surface area contributed by atoms with E-state index in [0.717, 1.165) is 23.3 Å². The molecule has 0 radical (unpaired) electrons. The number of rotatable bonds is 6. The zero-order valence-electron chi connectivity index (χ0n) is 12.9. The van der Waals surface area contributed by atoms with Crippen LogP contribution in [0.25, 0.3) is 0 Å². The van der Waals surface area contributed by atoms with E-state index in [-0.39, 0.29) is 5.78 Å². The van der Waals surface area contributed by atoms with Crippen molar-refractivity contribution in [2.45, 2.75) is 32.6 Å². The lowest BCUT2D eigenvalue weighted by Crippen LogP contribution is -2.01. The number of aryl methyl sites for hydroxylation is 1. The first-order chi connectivity index (χ1) is 10.1. The molecule has 2 nitrogen and oxygen atoms in total. The molecule has 0 unspecified atom stereocenters. The van der Waals surface area contributed by atoms with Crippen LogP contribution in [0.1, 0.15) is 47.7 Å². The summed E-state index contributed by atoms with van der Waals surface area (Å²) in [7, 11) is 1.65. The largest absolute Gasteiger partial charge is 0.497 e. The van der Waals surface area contributed by atoms with Gasteiger partial charge >= 0.3 is 0 Å². The molecule has 0 atom stereocenters. The lowest BCUT2D eigenvalue weighted by Gasteiger charge is -2.07. The second kappa shape index (κ2) is 7.07. The Morgan fingerprint density at radius 1 is 1.00 bits per heavy atom. The van der Waals surface area contributed by atoms with Gasteiger partial charge in [-0.2, -0.15) is 0 Å². The number of hydrogen-bond acceptors (Lipinski definition) is 2. The molecule has 2 rings (SSSR count). The van der Waals surface area contributed by atoms with Crippen molar-refractivity contribution in [1.29, 1.82) is 0 Å². The topological polar surface area (TPSA) is 26.3 Å². The lowest BCUT2D eigenvalue weighted by atomic mass is 9.98. The van der Waals surface area contributed by atoms with Crippen molar-refractivity contribution in [1.82, 2.24) is 0 Å². The standard InChI is InChI=1S/C19H22O2/c1-14(2)16-7-9-17(10-8-16)19(20)13-6-15-4-11-18(21-3)12-5-15/h4-5,7-12,14H,6,13H2,1-3H3. The molecule has 0 aromatic heterocycles. The minimum atomic E-state index is 0.195. The molecule has 0 aliphatic carbocycles. The molecule has 110 valence electrons. The first kappa shape index (κ1) is 15.3. The van der Waals surface area contributed by atoms with E-state index in [9.17, 15) is 4.79 Å². The summed E-state index contributed by atoms with van der Waals surface area (Å²) in [5, 5.41) is 0. The Hall–Kier alpha value is -2.09. The molecule has 0 saturated carbocycles. The van der Waals surface area contributed by atoms with Crippen LogP contribution < -0.4 is 4.74 Å². The highest BCUT2D eigenvalue weighted by molar-refractivity contribution is 5.96. The predicted molar refractivity (Wildman–Crippen MR) is 86.2 cm³/mol. The summed E-state index contributed by atoms with van der Waals surface area (Å²) in [6.07, 6.45) is 1.29. The average Bonchev–Trinajstić information content (AvgIpc) is 2.53. The van der Waals surface area contributed by atoms with E-state index in [4.69, 9.17) is 4.74 Å². The fourth-order valence-electron chi connectivity index (χ4n) is 2.25. The summed E-state index contributed by atoms with van der Waals surface area (Å²) in [4.78, 5) is 12.2. The van der Waals surface area contributed by atoms with Gasteiger partial charge in [0.1, 0.15) is 5.75 Å². The number of hydrogen-bond donors (Lipinski definition) is 0. The van der Waals surface area contributed by atoms with Gasteiger partial charge in [-0.05, 0) is 35.6 Å². The minimum absolute atomic E-state index is 0.195. The zero-order chi connectivity index (χ0) is 15.2. The third-order valence-electron chi connectivity index (χ3n) is 3.70. The Labute approximate surface area is 126 Å². The minimum Gasteiger partial charge on any atom is -0.497 e. The van der Waals surface area contributed by atoms with Crippen LogP contribution in [0.4, 0.5) is 0 Å². The van der Waals surface area contributed by atoms with Gasteiger partial charge in [0.2, 0.25) is 0 Å². The van der Waals surface area contributed by atoms with Crippen molar-refractivity contribution >= 4 is 5.78 Å². The van der Waals surface area contributed by atoms with Crippen molar-refractivity contribution in [2.24, 2.45) is 0 Å². The quantitative estimate of drug-likeness (QED) is 0.722. The predicted octanol–water partition coefficient (Wildman–Crippen LogP) is 4.63. The van der Waals surface area contributed by atoms with Gasteiger partial charge < -0.3 is 4.74 Å². The van der Waals surface area contributed by atoms with E-state index in [1.807, 2.05) is 48.5 Å². The van der Waals surface area contributed by atoms with Crippen LogP contribution in [-0.2, 0) is 6.42 Å². The van der Waals surface area contributed by atoms with E-state index in [2.05, 4.69) is 13.8 Å². The number of carbonyl (C=O) groups is 1. The Bertz CT molecular complexity index is 580. The number of ketones is 1. The van der Waals surface area contributed by atoms with Gasteiger partial charge in [-0.1, -0.05) is 50.2 Å². The van der Waals surface area contributed by atoms with Gasteiger partial charge in [0.05, 0.1) is 7.11 Å². The second-order valence-electron chi connectivity index (χ2n) is 5.55. The molecular weight excluding hydrogens is 260 g/mol.